The van der Waals surface area contributed by atoms with Crippen LogP contribution in [0.15, 0.2) is 55.6 Å². The number of carbonyl (C=O) groups excluding carboxylic acids is 1. The van der Waals surface area contributed by atoms with Gasteiger partial charge >= 0.3 is 0 Å². The van der Waals surface area contributed by atoms with E-state index in [1.165, 1.54) is 0 Å². The first-order valence-corrected chi connectivity index (χ1v) is 11.2. The Morgan fingerprint density at radius 1 is 1.23 bits per heavy atom. The monoisotopic (exact) mass is 438 g/mol. The van der Waals surface area contributed by atoms with Gasteiger partial charge in [0.15, 0.2) is 0 Å². The van der Waals surface area contributed by atoms with Crippen LogP contribution in [-0.2, 0) is 0 Å². The maximum atomic E-state index is 13.1. The Morgan fingerprint density at radius 2 is 2.00 bits per heavy atom. The summed E-state index contributed by atoms with van der Waals surface area (Å²) in [5.41, 5.74) is 2.50. The molecule has 1 fully saturated rings. The molecule has 1 aliphatic heterocycles. The molecule has 0 spiro atoms. The molecule has 0 unspecified atom stereocenters. The Morgan fingerprint density at radius 3 is 2.71 bits per heavy atom. The van der Waals surface area contributed by atoms with E-state index in [0.717, 1.165) is 62.4 Å². The van der Waals surface area contributed by atoms with Crippen molar-refractivity contribution in [3.8, 4) is 0 Å². The van der Waals surface area contributed by atoms with E-state index < -0.39 is 0 Å². The number of nitrogens with zero attached hydrogens (tertiary/aromatic N) is 2. The van der Waals surface area contributed by atoms with E-state index >= 15 is 0 Å². The van der Waals surface area contributed by atoms with Gasteiger partial charge in [-0.3, -0.25) is 4.79 Å². The molecule has 2 heterocycles. The molecule has 1 aromatic heterocycles. The Labute approximate surface area is 190 Å². The van der Waals surface area contributed by atoms with Crippen LogP contribution in [0.5, 0.6) is 0 Å². The molecule has 3 rings (SSSR count). The smallest absolute Gasteiger partial charge is 0.258 e. The number of allylic oxidation sites excluding steroid dienone is 1. The number of piperidine rings is 1. The van der Waals surface area contributed by atoms with Crippen LogP contribution >= 0.6 is 11.6 Å². The summed E-state index contributed by atoms with van der Waals surface area (Å²) in [5, 5.41) is 6.86. The van der Waals surface area contributed by atoms with Gasteiger partial charge in [-0.05, 0) is 68.4 Å². The van der Waals surface area contributed by atoms with Crippen molar-refractivity contribution in [3.63, 3.8) is 0 Å². The van der Waals surface area contributed by atoms with Crippen molar-refractivity contribution < 1.29 is 4.79 Å². The molecular weight excluding hydrogens is 408 g/mol. The van der Waals surface area contributed by atoms with Crippen LogP contribution in [0.25, 0.3) is 0 Å². The Balaban J connectivity index is 1.76. The fourth-order valence-corrected chi connectivity index (χ4v) is 4.02. The van der Waals surface area contributed by atoms with E-state index in [1.807, 2.05) is 37.3 Å². The van der Waals surface area contributed by atoms with Gasteiger partial charge < -0.3 is 15.5 Å². The molecule has 5 nitrogen and oxygen atoms in total. The molecule has 1 aromatic carbocycles. The highest BCUT2D eigenvalue weighted by molar-refractivity contribution is 6.31. The molecule has 0 atom stereocenters. The van der Waals surface area contributed by atoms with Crippen LogP contribution in [0.4, 0.5) is 17.3 Å². The van der Waals surface area contributed by atoms with Crippen LogP contribution < -0.4 is 15.5 Å². The lowest BCUT2D eigenvalue weighted by atomic mass is 9.93. The summed E-state index contributed by atoms with van der Waals surface area (Å²) in [6, 6.07) is 9.21. The SMILES string of the molecule is C=CCCNc1nc(NC(=O)c2ccc(Cl)cc2N2CCC(CC=C)CC2)ccc1C. The average Bonchev–Trinajstić information content (AvgIpc) is 2.76. The first-order valence-electron chi connectivity index (χ1n) is 10.8. The minimum atomic E-state index is -0.187. The molecule has 1 saturated heterocycles. The number of aromatic nitrogens is 1. The van der Waals surface area contributed by atoms with Crippen molar-refractivity contribution in [2.45, 2.75) is 32.6 Å². The Hall–Kier alpha value is -2.79. The van der Waals surface area contributed by atoms with Crippen molar-refractivity contribution in [1.82, 2.24) is 4.98 Å². The van der Waals surface area contributed by atoms with Crippen LogP contribution in [0, 0.1) is 12.8 Å². The summed E-state index contributed by atoms with van der Waals surface area (Å²) in [7, 11) is 0. The quantitative estimate of drug-likeness (QED) is 0.368. The lowest BCUT2D eigenvalue weighted by Crippen LogP contribution is -2.35. The van der Waals surface area contributed by atoms with Gasteiger partial charge in [-0.25, -0.2) is 4.98 Å². The number of hydrogen-bond acceptors (Lipinski definition) is 4. The van der Waals surface area contributed by atoms with E-state index in [0.29, 0.717) is 22.3 Å². The van der Waals surface area contributed by atoms with Gasteiger partial charge in [-0.1, -0.05) is 29.8 Å². The van der Waals surface area contributed by atoms with Crippen LogP contribution in [0.3, 0.4) is 0 Å². The molecule has 1 aliphatic rings. The van der Waals surface area contributed by atoms with Gasteiger partial charge in [-0.15, -0.1) is 13.2 Å². The van der Waals surface area contributed by atoms with Gasteiger partial charge in [0.25, 0.3) is 5.91 Å². The van der Waals surface area contributed by atoms with E-state index in [4.69, 9.17) is 11.6 Å². The number of halogens is 1. The summed E-state index contributed by atoms with van der Waals surface area (Å²) >= 11 is 6.28. The van der Waals surface area contributed by atoms with E-state index in [1.54, 1.807) is 12.1 Å². The zero-order valence-electron chi connectivity index (χ0n) is 18.2. The average molecular weight is 439 g/mol. The third kappa shape index (κ3) is 6.11. The van der Waals surface area contributed by atoms with Crippen molar-refractivity contribution in [2.75, 3.05) is 35.2 Å². The lowest BCUT2D eigenvalue weighted by Gasteiger charge is -2.34. The van der Waals surface area contributed by atoms with Crippen molar-refractivity contribution in [2.24, 2.45) is 5.92 Å². The van der Waals surface area contributed by atoms with Crippen molar-refractivity contribution in [3.05, 3.63) is 71.8 Å². The van der Waals surface area contributed by atoms with Gasteiger partial charge in [0.2, 0.25) is 0 Å². The number of nitrogens with one attached hydrogen (secondary N) is 2. The fourth-order valence-electron chi connectivity index (χ4n) is 3.86. The third-order valence-electron chi connectivity index (χ3n) is 5.64. The highest BCUT2D eigenvalue weighted by Crippen LogP contribution is 2.31. The van der Waals surface area contributed by atoms with Crippen molar-refractivity contribution in [1.29, 1.82) is 0 Å². The van der Waals surface area contributed by atoms with Gasteiger partial charge in [0, 0.05) is 24.7 Å². The summed E-state index contributed by atoms with van der Waals surface area (Å²) in [4.78, 5) is 20.0. The molecule has 164 valence electrons. The fraction of sp³-hybridized carbons (Fsp3) is 0.360. The molecule has 6 heteroatoms. The van der Waals surface area contributed by atoms with E-state index in [9.17, 15) is 4.79 Å². The summed E-state index contributed by atoms with van der Waals surface area (Å²) in [5.74, 6) is 1.75. The van der Waals surface area contributed by atoms with E-state index in [-0.39, 0.29) is 5.91 Å². The normalized spacial score (nSPS) is 14.2. The molecule has 2 aromatic rings. The maximum absolute atomic E-state index is 13.1. The van der Waals surface area contributed by atoms with Crippen LogP contribution in [0.1, 0.15) is 41.6 Å². The minimum Gasteiger partial charge on any atom is -0.371 e. The van der Waals surface area contributed by atoms with Crippen LogP contribution in [0.2, 0.25) is 5.02 Å². The predicted octanol–water partition coefficient (Wildman–Crippen LogP) is 6.08. The first kappa shape index (κ1) is 22.9. The number of benzene rings is 1. The number of carbonyl (C=O) groups is 1. The summed E-state index contributed by atoms with van der Waals surface area (Å²) in [6.07, 6.45) is 7.90. The molecule has 2 N–H and O–H groups in total. The van der Waals surface area contributed by atoms with Gasteiger partial charge in [0.1, 0.15) is 11.6 Å². The van der Waals surface area contributed by atoms with Gasteiger partial charge in [-0.2, -0.15) is 0 Å². The largest absolute Gasteiger partial charge is 0.371 e. The zero-order valence-corrected chi connectivity index (χ0v) is 18.9. The zero-order chi connectivity index (χ0) is 22.2. The highest BCUT2D eigenvalue weighted by Gasteiger charge is 2.23. The molecule has 0 aliphatic carbocycles. The first-order chi connectivity index (χ1) is 15.0. The lowest BCUT2D eigenvalue weighted by molar-refractivity contribution is 0.102. The second-order valence-corrected chi connectivity index (χ2v) is 8.37. The minimum absolute atomic E-state index is 0.187. The van der Waals surface area contributed by atoms with Crippen molar-refractivity contribution >= 4 is 34.8 Å². The van der Waals surface area contributed by atoms with Crippen LogP contribution in [-0.4, -0.2) is 30.5 Å². The molecular formula is C25H31ClN4O. The maximum Gasteiger partial charge on any atom is 0.258 e. The third-order valence-corrected chi connectivity index (χ3v) is 5.87. The number of aryl methyl sites for hydroxylation is 1. The standard InChI is InChI=1S/C25H31ClN4O/c1-4-6-14-27-24-18(3)8-11-23(28-24)29-25(31)21-10-9-20(26)17-22(21)30-15-12-19(7-5-2)13-16-30/h4-5,8-11,17,19H,1-2,6-7,12-16H2,3H3,(H2,27,28,29,31). The summed E-state index contributed by atoms with van der Waals surface area (Å²) < 4.78 is 0. The predicted molar refractivity (Wildman–Crippen MR) is 131 cm³/mol. The topological polar surface area (TPSA) is 57.3 Å². The number of pyridine rings is 1. The number of rotatable bonds is 9. The molecule has 0 radical (unpaired) electrons. The Kier molecular flexibility index (Phi) is 8.13. The Bertz CT molecular complexity index is 935. The van der Waals surface area contributed by atoms with Gasteiger partial charge in [0.05, 0.1) is 11.3 Å². The molecule has 0 bridgehead atoms. The molecule has 1 amide bonds. The second kappa shape index (κ2) is 11.0. The molecule has 31 heavy (non-hydrogen) atoms. The van der Waals surface area contributed by atoms with E-state index in [2.05, 4.69) is 33.7 Å². The number of amides is 1. The summed E-state index contributed by atoms with van der Waals surface area (Å²) in [6.45, 7) is 12.1. The number of hydrogen-bond donors (Lipinski definition) is 2. The highest BCUT2D eigenvalue weighted by atomic mass is 35.5. The number of anilines is 3. The molecule has 0 saturated carbocycles. The second-order valence-electron chi connectivity index (χ2n) is 7.94.